The van der Waals surface area contributed by atoms with Crippen LogP contribution in [0.1, 0.15) is 81.1 Å². The minimum Gasteiger partial charge on any atom is 0 e. The van der Waals surface area contributed by atoms with E-state index in [0.717, 1.165) is 26.4 Å². The van der Waals surface area contributed by atoms with Crippen molar-refractivity contribution < 1.29 is 49.9 Å². The van der Waals surface area contributed by atoms with E-state index in [-0.39, 0.29) is 40.4 Å². The van der Waals surface area contributed by atoms with E-state index in [0.29, 0.717) is 31.5 Å². The summed E-state index contributed by atoms with van der Waals surface area (Å²) in [6, 6.07) is 0. The number of ether oxygens (including phenoxy) is 2. The van der Waals surface area contributed by atoms with Gasteiger partial charge in [-0.3, -0.25) is 0 Å². The van der Waals surface area contributed by atoms with E-state index in [4.69, 9.17) is 9.47 Å². The van der Waals surface area contributed by atoms with Crippen molar-refractivity contribution in [2.45, 2.75) is 81.1 Å². The first-order valence-electron chi connectivity index (χ1n) is 10.5. The zero-order valence-electron chi connectivity index (χ0n) is 19.8. The van der Waals surface area contributed by atoms with Gasteiger partial charge < -0.3 is 9.47 Å². The number of hydrogen-bond donors (Lipinski definition) is 0. The Morgan fingerprint density at radius 3 is 0.724 bits per heavy atom. The van der Waals surface area contributed by atoms with E-state index < -0.39 is 0 Å². The molecule has 0 aromatic carbocycles. The minimum atomic E-state index is 0. The van der Waals surface area contributed by atoms with Crippen LogP contribution in [0.25, 0.3) is 0 Å². The molecular weight excluding hydrogens is 620 g/mol. The smallest absolute Gasteiger partial charge is 0 e. The van der Waals surface area contributed by atoms with E-state index in [2.05, 4.69) is 55.4 Å². The van der Waals surface area contributed by atoms with Gasteiger partial charge in [0.1, 0.15) is 0 Å². The Labute approximate surface area is 229 Å². The van der Waals surface area contributed by atoms with E-state index in [9.17, 15) is 0 Å². The van der Waals surface area contributed by atoms with Gasteiger partial charge >= 0.3 is 129 Å². The van der Waals surface area contributed by atoms with Gasteiger partial charge in [-0.2, -0.15) is 0 Å². The van der Waals surface area contributed by atoms with Crippen molar-refractivity contribution in [3.63, 3.8) is 0 Å². The summed E-state index contributed by atoms with van der Waals surface area (Å²) in [6.45, 7) is 22.0. The first-order valence-corrected chi connectivity index (χ1v) is 14.3. The summed E-state index contributed by atoms with van der Waals surface area (Å²) < 4.78 is 16.4. The first kappa shape index (κ1) is 31.4. The molecule has 4 fully saturated rings. The summed E-state index contributed by atoms with van der Waals surface area (Å²) in [5.74, 6) is 6.19. The van der Waals surface area contributed by atoms with Crippen molar-refractivity contribution in [2.75, 3.05) is 26.4 Å². The molecule has 0 aliphatic carbocycles. The maximum Gasteiger partial charge on any atom is 0 e. The molecule has 0 atom stereocenters. The molecule has 10 radical (unpaired) electrons. The van der Waals surface area contributed by atoms with Gasteiger partial charge in [-0.25, -0.2) is 0 Å². The zero-order valence-corrected chi connectivity index (χ0v) is 26.1. The third kappa shape index (κ3) is 12.4. The molecule has 0 bridgehead atoms. The Balaban J connectivity index is 0.000000369. The van der Waals surface area contributed by atoms with Crippen LogP contribution >= 0.6 is 0 Å². The molecule has 29 heavy (non-hydrogen) atoms. The molecule has 4 aliphatic rings. The Morgan fingerprint density at radius 2 is 0.655 bits per heavy atom. The normalized spacial score (nSPS) is 25.7. The Kier molecular flexibility index (Phi) is 19.3. The Hall–Kier alpha value is 2.37. The van der Waals surface area contributed by atoms with Crippen LogP contribution in [0, 0.1) is 82.9 Å². The predicted octanol–water partition coefficient (Wildman–Crippen LogP) is 5.59. The SMILES string of the molecule is C1CCOC1.C1CCOC1.C[C]1[As][C](C)[C](C)[C]1C.C[C]1[As][C](C)[C](C)[C]1C.[Sm]. The van der Waals surface area contributed by atoms with E-state index >= 15 is 0 Å². The summed E-state index contributed by atoms with van der Waals surface area (Å²) in [5, 5.41) is 0. The van der Waals surface area contributed by atoms with Crippen LogP contribution in [0.3, 0.4) is 0 Å². The van der Waals surface area contributed by atoms with Gasteiger partial charge in [0.2, 0.25) is 0 Å². The average Bonchev–Trinajstić information content (AvgIpc) is 3.47. The topological polar surface area (TPSA) is 18.5 Å². The molecule has 0 aromatic heterocycles. The fraction of sp³-hybridized carbons (Fsp3) is 0.667. The van der Waals surface area contributed by atoms with Gasteiger partial charge in [0.05, 0.1) is 0 Å². The van der Waals surface area contributed by atoms with Crippen LogP contribution in [0.4, 0.5) is 0 Å². The number of hydrogen-bond acceptors (Lipinski definition) is 2. The van der Waals surface area contributed by atoms with Crippen molar-refractivity contribution in [1.82, 2.24) is 0 Å². The minimum absolute atomic E-state index is 0. The van der Waals surface area contributed by atoms with Crippen LogP contribution in [0.5, 0.6) is 0 Å². The molecule has 0 N–H and O–H groups in total. The summed E-state index contributed by atoms with van der Waals surface area (Å²) in [5.41, 5.74) is 0. The van der Waals surface area contributed by atoms with Crippen molar-refractivity contribution in [3.05, 3.63) is 42.5 Å². The molecule has 0 aromatic rings. The standard InChI is InChI=1S/2C8H12As.2C4H8O.Sm/c2*1-5-6(2)8(4)9-7(5)3;2*1-2-4-5-3-1;/h2*1-4H3;2*1-4H2;. The molecule has 4 saturated heterocycles. The van der Waals surface area contributed by atoms with Gasteiger partial charge in [-0.1, -0.05) is 0 Å². The molecule has 0 unspecified atom stereocenters. The largest absolute Gasteiger partial charge is 0 e. The second-order valence-corrected chi connectivity index (χ2v) is 14.3. The molecule has 0 spiro atoms. The molecule has 5 heteroatoms. The maximum atomic E-state index is 4.94. The molecule has 2 nitrogen and oxygen atoms in total. The maximum absolute atomic E-state index is 4.94. The summed E-state index contributed by atoms with van der Waals surface area (Å²) in [4.78, 5) is 0. The Morgan fingerprint density at radius 1 is 0.448 bits per heavy atom. The van der Waals surface area contributed by atoms with Crippen molar-refractivity contribution in [3.8, 4) is 0 Å². The van der Waals surface area contributed by atoms with E-state index in [1.165, 1.54) is 25.7 Å². The zero-order chi connectivity index (χ0) is 21.1. The summed E-state index contributed by atoms with van der Waals surface area (Å²) in [7, 11) is 0. The molecular formula is C24H40As2O2Sm. The van der Waals surface area contributed by atoms with Gasteiger partial charge in [0.25, 0.3) is 0 Å². The van der Waals surface area contributed by atoms with E-state index in [1.807, 2.05) is 0 Å². The fourth-order valence-electron chi connectivity index (χ4n) is 2.94. The van der Waals surface area contributed by atoms with Gasteiger partial charge in [0, 0.05) is 66.8 Å². The van der Waals surface area contributed by atoms with Crippen LogP contribution in [0.15, 0.2) is 0 Å². The van der Waals surface area contributed by atoms with Gasteiger partial charge in [-0.15, -0.1) is 0 Å². The second kappa shape index (κ2) is 17.8. The third-order valence-electron chi connectivity index (χ3n) is 5.62. The van der Waals surface area contributed by atoms with Crippen LogP contribution in [0.2, 0.25) is 0 Å². The molecule has 4 aliphatic heterocycles. The van der Waals surface area contributed by atoms with Crippen LogP contribution < -0.4 is 0 Å². The molecule has 4 rings (SSSR count). The molecule has 0 saturated carbocycles. The monoisotopic (exact) mass is 662 g/mol. The molecule has 164 valence electrons. The fourth-order valence-corrected chi connectivity index (χ4v) is 7.87. The van der Waals surface area contributed by atoms with Crippen LogP contribution in [-0.2, 0) is 9.47 Å². The average molecular weight is 661 g/mol. The van der Waals surface area contributed by atoms with Crippen molar-refractivity contribution in [1.29, 1.82) is 0 Å². The molecule has 0 amide bonds. The van der Waals surface area contributed by atoms with Crippen molar-refractivity contribution >= 4 is 31.5 Å². The third-order valence-corrected chi connectivity index (χ3v) is 11.3. The number of rotatable bonds is 0. The molecule has 4 heterocycles. The summed E-state index contributed by atoms with van der Waals surface area (Å²) >= 11 is 0.860. The quantitative estimate of drug-likeness (QED) is 0.316. The second-order valence-electron chi connectivity index (χ2n) is 7.70. The van der Waals surface area contributed by atoms with Gasteiger partial charge in [0.15, 0.2) is 0 Å². The summed E-state index contributed by atoms with van der Waals surface area (Å²) in [6.07, 6.45) is 5.11. The Bertz CT molecular complexity index is 316. The first-order chi connectivity index (χ1) is 13.3. The van der Waals surface area contributed by atoms with Gasteiger partial charge in [-0.05, 0) is 25.7 Å². The van der Waals surface area contributed by atoms with Crippen molar-refractivity contribution in [2.24, 2.45) is 0 Å². The van der Waals surface area contributed by atoms with E-state index in [1.54, 1.807) is 42.5 Å². The van der Waals surface area contributed by atoms with Crippen LogP contribution in [-0.4, -0.2) is 57.9 Å². The predicted molar refractivity (Wildman–Crippen MR) is 123 cm³/mol.